The van der Waals surface area contributed by atoms with Crippen molar-refractivity contribution in [3.05, 3.63) is 57.5 Å². The molecule has 4 rings (SSSR count). The molecular formula is C20H17BrClN3O2S. The summed E-state index contributed by atoms with van der Waals surface area (Å²) in [7, 11) is 0. The molecule has 1 N–H and O–H groups in total. The third kappa shape index (κ3) is 4.21. The van der Waals surface area contributed by atoms with Gasteiger partial charge in [0.1, 0.15) is 0 Å². The van der Waals surface area contributed by atoms with Gasteiger partial charge in [0.25, 0.3) is 5.91 Å². The highest BCUT2D eigenvalue weighted by molar-refractivity contribution is 9.10. The predicted octanol–water partition coefficient (Wildman–Crippen LogP) is 5.20. The summed E-state index contributed by atoms with van der Waals surface area (Å²) < 4.78 is 2.01. The first-order chi connectivity index (χ1) is 13.5. The molecule has 5 nitrogen and oxygen atoms in total. The molecule has 0 radical (unpaired) electrons. The molecule has 2 amide bonds. The second kappa shape index (κ2) is 8.19. The van der Waals surface area contributed by atoms with Gasteiger partial charge in [-0.25, -0.2) is 4.98 Å². The Kier molecular flexibility index (Phi) is 5.66. The minimum absolute atomic E-state index is 0.0210. The van der Waals surface area contributed by atoms with E-state index in [9.17, 15) is 9.59 Å². The summed E-state index contributed by atoms with van der Waals surface area (Å²) in [5.74, 6) is -0.169. The number of benzene rings is 2. The van der Waals surface area contributed by atoms with Gasteiger partial charge < -0.3 is 10.2 Å². The Morgan fingerprint density at radius 1 is 1.14 bits per heavy atom. The Hall–Kier alpha value is -1.96. The van der Waals surface area contributed by atoms with Crippen LogP contribution in [-0.4, -0.2) is 34.8 Å². The third-order valence-corrected chi connectivity index (χ3v) is 6.50. The van der Waals surface area contributed by atoms with Crippen molar-refractivity contribution in [3.8, 4) is 0 Å². The van der Waals surface area contributed by atoms with Gasteiger partial charge in [-0.2, -0.15) is 0 Å². The molecule has 1 saturated heterocycles. The number of rotatable bonds is 3. The van der Waals surface area contributed by atoms with Crippen molar-refractivity contribution in [1.82, 2.24) is 9.88 Å². The zero-order valence-corrected chi connectivity index (χ0v) is 18.0. The average molecular weight is 479 g/mol. The van der Waals surface area contributed by atoms with Gasteiger partial charge in [-0.05, 0) is 55.3 Å². The van der Waals surface area contributed by atoms with E-state index in [0.717, 1.165) is 14.7 Å². The van der Waals surface area contributed by atoms with Gasteiger partial charge in [0.15, 0.2) is 5.13 Å². The lowest BCUT2D eigenvalue weighted by atomic mass is 9.95. The van der Waals surface area contributed by atoms with Crippen LogP contribution in [0, 0.1) is 5.92 Å². The van der Waals surface area contributed by atoms with Crippen LogP contribution >= 0.6 is 38.9 Å². The highest BCUT2D eigenvalue weighted by atomic mass is 79.9. The Bertz CT molecular complexity index is 1030. The number of anilines is 1. The molecule has 1 aliphatic heterocycles. The molecule has 1 aromatic heterocycles. The Morgan fingerprint density at radius 3 is 2.57 bits per heavy atom. The van der Waals surface area contributed by atoms with Gasteiger partial charge >= 0.3 is 0 Å². The zero-order valence-electron chi connectivity index (χ0n) is 14.8. The molecule has 2 heterocycles. The van der Waals surface area contributed by atoms with E-state index in [1.54, 1.807) is 29.2 Å². The molecular weight excluding hydrogens is 462 g/mol. The van der Waals surface area contributed by atoms with Crippen molar-refractivity contribution in [2.24, 2.45) is 5.92 Å². The van der Waals surface area contributed by atoms with Crippen LogP contribution in [-0.2, 0) is 4.79 Å². The van der Waals surface area contributed by atoms with E-state index in [1.807, 2.05) is 18.2 Å². The van der Waals surface area contributed by atoms with Gasteiger partial charge in [0.05, 0.1) is 10.2 Å². The summed E-state index contributed by atoms with van der Waals surface area (Å²) in [6.45, 7) is 1.12. The number of thiazole rings is 1. The van der Waals surface area contributed by atoms with Gasteiger partial charge in [-0.15, -0.1) is 0 Å². The molecule has 2 aromatic carbocycles. The first kappa shape index (κ1) is 19.4. The van der Waals surface area contributed by atoms with Crippen molar-refractivity contribution < 1.29 is 9.59 Å². The van der Waals surface area contributed by atoms with Crippen LogP contribution in [0.15, 0.2) is 46.9 Å². The average Bonchev–Trinajstić information content (AvgIpc) is 3.09. The Morgan fingerprint density at radius 2 is 1.86 bits per heavy atom. The van der Waals surface area contributed by atoms with Crippen molar-refractivity contribution in [3.63, 3.8) is 0 Å². The van der Waals surface area contributed by atoms with E-state index in [-0.39, 0.29) is 17.7 Å². The summed E-state index contributed by atoms with van der Waals surface area (Å²) in [5.41, 5.74) is 1.49. The SMILES string of the molecule is O=C(Nc1nc2ccc(Br)cc2s1)C1CCN(C(=O)c2ccc(Cl)cc2)CC1. The summed E-state index contributed by atoms with van der Waals surface area (Å²) >= 11 is 10.8. The van der Waals surface area contributed by atoms with E-state index >= 15 is 0 Å². The fourth-order valence-corrected chi connectivity index (χ4v) is 4.83. The largest absolute Gasteiger partial charge is 0.339 e. The van der Waals surface area contributed by atoms with Gasteiger partial charge in [0.2, 0.25) is 5.91 Å². The highest BCUT2D eigenvalue weighted by Gasteiger charge is 2.28. The topological polar surface area (TPSA) is 62.3 Å². The number of nitrogens with zero attached hydrogens (tertiary/aromatic N) is 2. The molecule has 144 valence electrons. The smallest absolute Gasteiger partial charge is 0.253 e. The molecule has 0 bridgehead atoms. The number of carbonyl (C=O) groups excluding carboxylic acids is 2. The number of amides is 2. The molecule has 28 heavy (non-hydrogen) atoms. The van der Waals surface area contributed by atoms with Crippen molar-refractivity contribution in [2.75, 3.05) is 18.4 Å². The molecule has 3 aromatic rings. The van der Waals surface area contributed by atoms with Crippen LogP contribution in [0.2, 0.25) is 5.02 Å². The van der Waals surface area contributed by atoms with Crippen molar-refractivity contribution >= 4 is 66.0 Å². The van der Waals surface area contributed by atoms with Crippen LogP contribution in [0.4, 0.5) is 5.13 Å². The maximum Gasteiger partial charge on any atom is 0.253 e. The highest BCUT2D eigenvalue weighted by Crippen LogP contribution is 2.29. The van der Waals surface area contributed by atoms with E-state index in [1.165, 1.54) is 11.3 Å². The minimum atomic E-state index is -0.118. The Labute approximate surface area is 179 Å². The van der Waals surface area contributed by atoms with Crippen molar-refractivity contribution in [1.29, 1.82) is 0 Å². The molecule has 8 heteroatoms. The number of halogens is 2. The van der Waals surface area contributed by atoms with Gasteiger partial charge in [0, 0.05) is 34.1 Å². The number of fused-ring (bicyclic) bond motifs is 1. The van der Waals surface area contributed by atoms with Gasteiger partial charge in [-0.3, -0.25) is 9.59 Å². The molecule has 0 aliphatic carbocycles. The fourth-order valence-electron chi connectivity index (χ4n) is 3.28. The number of hydrogen-bond acceptors (Lipinski definition) is 4. The molecule has 0 unspecified atom stereocenters. The van der Waals surface area contributed by atoms with Crippen molar-refractivity contribution in [2.45, 2.75) is 12.8 Å². The Balaban J connectivity index is 1.35. The zero-order chi connectivity index (χ0) is 19.7. The van der Waals surface area contributed by atoms with Crippen LogP contribution in [0.25, 0.3) is 10.2 Å². The normalized spacial score (nSPS) is 15.0. The van der Waals surface area contributed by atoms with E-state index in [4.69, 9.17) is 11.6 Å². The lowest BCUT2D eigenvalue weighted by Crippen LogP contribution is -2.41. The second-order valence-electron chi connectivity index (χ2n) is 6.69. The fraction of sp³-hybridized carbons (Fsp3) is 0.250. The maximum absolute atomic E-state index is 12.6. The molecule has 0 atom stereocenters. The molecule has 1 aliphatic rings. The summed E-state index contributed by atoms with van der Waals surface area (Å²) in [4.78, 5) is 31.5. The van der Waals surface area contributed by atoms with Crippen LogP contribution in [0.3, 0.4) is 0 Å². The first-order valence-corrected chi connectivity index (χ1v) is 10.9. The number of likely N-dealkylation sites (tertiary alicyclic amines) is 1. The van der Waals surface area contributed by atoms with Crippen LogP contribution in [0.1, 0.15) is 23.2 Å². The second-order valence-corrected chi connectivity index (χ2v) is 9.08. The first-order valence-electron chi connectivity index (χ1n) is 8.91. The number of hydrogen-bond donors (Lipinski definition) is 1. The van der Waals surface area contributed by atoms with E-state index in [0.29, 0.717) is 41.6 Å². The minimum Gasteiger partial charge on any atom is -0.339 e. The molecule has 0 spiro atoms. The number of nitrogens with one attached hydrogen (secondary N) is 1. The van der Waals surface area contributed by atoms with E-state index < -0.39 is 0 Å². The maximum atomic E-state index is 12.6. The lowest BCUT2D eigenvalue weighted by Gasteiger charge is -2.31. The van der Waals surface area contributed by atoms with E-state index in [2.05, 4.69) is 26.2 Å². The monoisotopic (exact) mass is 477 g/mol. The standard InChI is InChI=1S/C20H17BrClN3O2S/c21-14-3-6-16-17(11-14)28-20(23-16)24-18(26)12-7-9-25(10-8-12)19(27)13-1-4-15(22)5-2-13/h1-6,11-12H,7-10H2,(H,23,24,26). The van der Waals surface area contributed by atoms with Crippen LogP contribution in [0.5, 0.6) is 0 Å². The molecule has 0 saturated carbocycles. The van der Waals surface area contributed by atoms with Crippen LogP contribution < -0.4 is 5.32 Å². The number of carbonyl (C=O) groups is 2. The quantitative estimate of drug-likeness (QED) is 0.562. The number of aromatic nitrogens is 1. The predicted molar refractivity (Wildman–Crippen MR) is 116 cm³/mol. The number of piperidine rings is 1. The lowest BCUT2D eigenvalue weighted by molar-refractivity contribution is -0.121. The molecule has 1 fully saturated rings. The van der Waals surface area contributed by atoms with Gasteiger partial charge in [-0.1, -0.05) is 38.9 Å². The summed E-state index contributed by atoms with van der Waals surface area (Å²) in [6, 6.07) is 12.7. The summed E-state index contributed by atoms with van der Waals surface area (Å²) in [6.07, 6.45) is 1.28. The third-order valence-electron chi connectivity index (χ3n) is 4.82. The summed E-state index contributed by atoms with van der Waals surface area (Å²) in [5, 5.41) is 4.15.